The summed E-state index contributed by atoms with van der Waals surface area (Å²) in [6, 6.07) is 8.26. The molecule has 5 heterocycles. The van der Waals surface area contributed by atoms with Crippen LogP contribution in [0.1, 0.15) is 5.56 Å². The van der Waals surface area contributed by atoms with Crippen LogP contribution >= 0.6 is 0 Å². The van der Waals surface area contributed by atoms with Crippen LogP contribution in [0.2, 0.25) is 0 Å². The van der Waals surface area contributed by atoms with Gasteiger partial charge in [0.25, 0.3) is 0 Å². The minimum atomic E-state index is 0.526. The van der Waals surface area contributed by atoms with Gasteiger partial charge in [-0.1, -0.05) is 11.3 Å². The second-order valence-electron chi connectivity index (χ2n) is 6.51. The monoisotopic (exact) mass is 374 g/mol. The Morgan fingerprint density at radius 1 is 1.11 bits per heavy atom. The molecule has 0 radical (unpaired) electrons. The highest BCUT2D eigenvalue weighted by Crippen LogP contribution is 2.18. The Morgan fingerprint density at radius 2 is 2.07 bits per heavy atom. The van der Waals surface area contributed by atoms with Gasteiger partial charge in [-0.25, -0.2) is 14.6 Å². The first-order chi connectivity index (χ1) is 13.8. The third-order valence-electron chi connectivity index (χ3n) is 4.60. The minimum absolute atomic E-state index is 0.526. The van der Waals surface area contributed by atoms with Crippen LogP contribution in [-0.4, -0.2) is 52.9 Å². The van der Waals surface area contributed by atoms with Crippen molar-refractivity contribution in [1.29, 1.82) is 0 Å². The van der Waals surface area contributed by atoms with Crippen molar-refractivity contribution in [1.82, 2.24) is 39.1 Å². The van der Waals surface area contributed by atoms with Crippen LogP contribution in [-0.2, 0) is 17.8 Å². The lowest BCUT2D eigenvalue weighted by atomic mass is 10.2. The third kappa shape index (κ3) is 3.01. The Labute approximate surface area is 160 Å². The average molecular weight is 374 g/mol. The van der Waals surface area contributed by atoms with Crippen molar-refractivity contribution in [2.45, 2.75) is 13.1 Å². The summed E-state index contributed by atoms with van der Waals surface area (Å²) in [5.41, 5.74) is 5.06. The van der Waals surface area contributed by atoms with E-state index in [9.17, 15) is 0 Å². The van der Waals surface area contributed by atoms with Gasteiger partial charge in [-0.15, -0.1) is 5.10 Å². The zero-order chi connectivity index (χ0) is 18.9. The lowest BCUT2D eigenvalue weighted by Crippen LogP contribution is -2.04. The molecule has 0 atom stereocenters. The summed E-state index contributed by atoms with van der Waals surface area (Å²) in [6.45, 7) is 1.86. The highest BCUT2D eigenvalue weighted by atomic mass is 16.5. The van der Waals surface area contributed by atoms with E-state index >= 15 is 0 Å². The van der Waals surface area contributed by atoms with Gasteiger partial charge < -0.3 is 9.14 Å². The van der Waals surface area contributed by atoms with Crippen molar-refractivity contribution in [3.63, 3.8) is 0 Å². The quantitative estimate of drug-likeness (QED) is 0.452. The molecule has 5 aromatic heterocycles. The third-order valence-corrected chi connectivity index (χ3v) is 4.60. The van der Waals surface area contributed by atoms with E-state index in [0.29, 0.717) is 31.0 Å². The molecule has 0 aromatic carbocycles. The van der Waals surface area contributed by atoms with Crippen LogP contribution in [0.15, 0.2) is 55.2 Å². The van der Waals surface area contributed by atoms with Gasteiger partial charge in [0, 0.05) is 36.8 Å². The first-order valence-corrected chi connectivity index (χ1v) is 8.94. The van der Waals surface area contributed by atoms with E-state index in [1.807, 2.05) is 23.1 Å². The zero-order valence-corrected chi connectivity index (χ0v) is 15.3. The lowest BCUT2D eigenvalue weighted by molar-refractivity contribution is 0.183. The standard InChI is InChI=1S/C19H18N8O/c1-28-8-7-26-13-15(9-21-26)17-10-20-18-19(22-17)27(24-23-18)12-14-4-5-16-3-2-6-25(16)11-14/h2-6,9-11,13H,7-8,12H2,1H3. The van der Waals surface area contributed by atoms with Gasteiger partial charge in [-0.3, -0.25) is 4.68 Å². The summed E-state index contributed by atoms with van der Waals surface area (Å²) in [4.78, 5) is 9.14. The number of methoxy groups -OCH3 is 1. The molecule has 140 valence electrons. The van der Waals surface area contributed by atoms with Crippen molar-refractivity contribution in [3.05, 3.63) is 60.8 Å². The molecule has 5 rings (SSSR count). The van der Waals surface area contributed by atoms with E-state index in [1.54, 1.807) is 24.2 Å². The predicted octanol–water partition coefficient (Wildman–Crippen LogP) is 2.03. The fourth-order valence-electron chi connectivity index (χ4n) is 3.15. The fraction of sp³-hybridized carbons (Fsp3) is 0.211. The molecule has 9 heteroatoms. The highest BCUT2D eigenvalue weighted by molar-refractivity contribution is 5.69. The molecule has 0 aliphatic rings. The van der Waals surface area contributed by atoms with Crippen LogP contribution in [0.25, 0.3) is 28.1 Å². The number of fused-ring (bicyclic) bond motifs is 2. The molecule has 9 nitrogen and oxygen atoms in total. The van der Waals surface area contributed by atoms with E-state index < -0.39 is 0 Å². The first-order valence-electron chi connectivity index (χ1n) is 8.94. The van der Waals surface area contributed by atoms with Crippen molar-refractivity contribution >= 4 is 16.8 Å². The van der Waals surface area contributed by atoms with Crippen LogP contribution in [0.4, 0.5) is 0 Å². The van der Waals surface area contributed by atoms with E-state index in [2.05, 4.69) is 49.2 Å². The number of nitrogens with zero attached hydrogens (tertiary/aromatic N) is 8. The Kier molecular flexibility index (Phi) is 4.06. The fourth-order valence-corrected chi connectivity index (χ4v) is 3.15. The van der Waals surface area contributed by atoms with E-state index in [0.717, 1.165) is 22.3 Å². The SMILES string of the molecule is COCCn1cc(-c2cnc3nnn(Cc4ccc5cccn5c4)c3n2)cn1. The molecule has 0 saturated heterocycles. The zero-order valence-electron chi connectivity index (χ0n) is 15.3. The maximum absolute atomic E-state index is 5.09. The largest absolute Gasteiger partial charge is 0.383 e. The maximum atomic E-state index is 5.09. The normalized spacial score (nSPS) is 11.6. The molecule has 0 saturated carbocycles. The highest BCUT2D eigenvalue weighted by Gasteiger charge is 2.12. The van der Waals surface area contributed by atoms with Crippen molar-refractivity contribution in [2.75, 3.05) is 13.7 Å². The molecule has 0 unspecified atom stereocenters. The predicted molar refractivity (Wildman–Crippen MR) is 103 cm³/mol. The minimum Gasteiger partial charge on any atom is -0.383 e. The summed E-state index contributed by atoms with van der Waals surface area (Å²) in [6.07, 6.45) is 9.52. The van der Waals surface area contributed by atoms with Gasteiger partial charge in [-0.2, -0.15) is 5.10 Å². The molecule has 0 spiro atoms. The van der Waals surface area contributed by atoms with Crippen molar-refractivity contribution in [3.8, 4) is 11.3 Å². The Hall–Kier alpha value is -3.59. The first kappa shape index (κ1) is 16.6. The van der Waals surface area contributed by atoms with Crippen LogP contribution < -0.4 is 0 Å². The smallest absolute Gasteiger partial charge is 0.221 e. The van der Waals surface area contributed by atoms with E-state index in [1.165, 1.54) is 0 Å². The Bertz CT molecular complexity index is 1250. The number of aromatic nitrogens is 8. The van der Waals surface area contributed by atoms with Gasteiger partial charge in [0.05, 0.1) is 37.8 Å². The summed E-state index contributed by atoms with van der Waals surface area (Å²) in [5, 5.41) is 12.7. The maximum Gasteiger partial charge on any atom is 0.221 e. The summed E-state index contributed by atoms with van der Waals surface area (Å²) in [7, 11) is 1.67. The Balaban J connectivity index is 1.46. The van der Waals surface area contributed by atoms with E-state index in [-0.39, 0.29) is 0 Å². The molecular formula is C19H18N8O. The molecule has 28 heavy (non-hydrogen) atoms. The topological polar surface area (TPSA) is 88.0 Å². The average Bonchev–Trinajstić information content (AvgIpc) is 3.46. The lowest BCUT2D eigenvalue weighted by Gasteiger charge is -2.04. The summed E-state index contributed by atoms with van der Waals surface area (Å²) < 4.78 is 10.8. The number of ether oxygens (including phenoxy) is 1. The van der Waals surface area contributed by atoms with Crippen LogP contribution in [0.3, 0.4) is 0 Å². The van der Waals surface area contributed by atoms with Crippen LogP contribution in [0, 0.1) is 0 Å². The Morgan fingerprint density at radius 3 is 3.00 bits per heavy atom. The van der Waals surface area contributed by atoms with Gasteiger partial charge in [0.15, 0.2) is 5.65 Å². The molecular weight excluding hydrogens is 356 g/mol. The van der Waals surface area contributed by atoms with Crippen molar-refractivity contribution in [2.24, 2.45) is 0 Å². The van der Waals surface area contributed by atoms with Gasteiger partial charge >= 0.3 is 0 Å². The van der Waals surface area contributed by atoms with Gasteiger partial charge in [-0.05, 0) is 23.8 Å². The summed E-state index contributed by atoms with van der Waals surface area (Å²) in [5.74, 6) is 0. The van der Waals surface area contributed by atoms with Gasteiger partial charge in [0.2, 0.25) is 5.65 Å². The molecule has 0 aliphatic heterocycles. The molecule has 0 amide bonds. The molecule has 0 N–H and O–H groups in total. The number of rotatable bonds is 6. The van der Waals surface area contributed by atoms with Crippen LogP contribution in [0.5, 0.6) is 0 Å². The van der Waals surface area contributed by atoms with Gasteiger partial charge in [0.1, 0.15) is 0 Å². The number of pyridine rings is 1. The molecule has 5 aromatic rings. The summed E-state index contributed by atoms with van der Waals surface area (Å²) >= 11 is 0. The number of hydrogen-bond donors (Lipinski definition) is 0. The van der Waals surface area contributed by atoms with Crippen molar-refractivity contribution < 1.29 is 4.74 Å². The molecule has 0 aliphatic carbocycles. The van der Waals surface area contributed by atoms with E-state index in [4.69, 9.17) is 9.72 Å². The number of hydrogen-bond acceptors (Lipinski definition) is 6. The molecule has 0 bridgehead atoms. The second kappa shape index (κ2) is 6.86. The molecule has 0 fully saturated rings. The second-order valence-corrected chi connectivity index (χ2v) is 6.51.